The van der Waals surface area contributed by atoms with Crippen LogP contribution in [0.5, 0.6) is 11.5 Å². The molecule has 1 fully saturated rings. The molecule has 2 heterocycles. The number of aromatic nitrogens is 1. The van der Waals surface area contributed by atoms with Crippen LogP contribution in [0.4, 0.5) is 5.82 Å². The number of fused-ring (bicyclic) bond motifs is 1. The lowest BCUT2D eigenvalue weighted by molar-refractivity contribution is 0.0747. The summed E-state index contributed by atoms with van der Waals surface area (Å²) in [4.78, 5) is 35.0. The number of piperazine rings is 1. The van der Waals surface area contributed by atoms with Crippen molar-refractivity contribution in [1.82, 2.24) is 15.2 Å². The molecule has 0 atom stereocenters. The summed E-state index contributed by atoms with van der Waals surface area (Å²) in [7, 11) is 3.21. The van der Waals surface area contributed by atoms with E-state index in [4.69, 9.17) is 9.47 Å². The summed E-state index contributed by atoms with van der Waals surface area (Å²) in [5.41, 5.74) is 2.28. The van der Waals surface area contributed by atoms with E-state index in [1.54, 1.807) is 32.5 Å². The van der Waals surface area contributed by atoms with Crippen molar-refractivity contribution in [2.75, 3.05) is 51.8 Å². The number of carbonyl (C=O) groups excluding carboxylic acids is 2. The molecular formula is C31H32N4O4. The molecule has 8 heteroatoms. The Morgan fingerprint density at radius 3 is 2.38 bits per heavy atom. The van der Waals surface area contributed by atoms with Gasteiger partial charge in [-0.25, -0.2) is 4.98 Å². The number of rotatable bonds is 8. The van der Waals surface area contributed by atoms with Crippen molar-refractivity contribution in [3.8, 4) is 11.5 Å². The van der Waals surface area contributed by atoms with Gasteiger partial charge in [-0.1, -0.05) is 42.5 Å². The molecule has 1 saturated heterocycles. The van der Waals surface area contributed by atoms with Gasteiger partial charge in [-0.2, -0.15) is 0 Å². The highest BCUT2D eigenvalue weighted by molar-refractivity contribution is 6.07. The molecule has 2 amide bonds. The summed E-state index contributed by atoms with van der Waals surface area (Å²) in [6.45, 7) is 2.77. The zero-order valence-electron chi connectivity index (χ0n) is 22.2. The third-order valence-electron chi connectivity index (χ3n) is 7.06. The molecule has 0 unspecified atom stereocenters. The fourth-order valence-corrected chi connectivity index (χ4v) is 4.98. The fraction of sp³-hybridized carbons (Fsp3) is 0.258. The average molecular weight is 525 g/mol. The van der Waals surface area contributed by atoms with Crippen molar-refractivity contribution >= 4 is 28.4 Å². The van der Waals surface area contributed by atoms with Crippen LogP contribution in [0.1, 0.15) is 26.3 Å². The summed E-state index contributed by atoms with van der Waals surface area (Å²) in [6.07, 6.45) is 2.35. The third-order valence-corrected chi connectivity index (χ3v) is 7.06. The SMILES string of the molecule is COc1ccc(CCNC(=O)c2cccnc2N2CCN(C(=O)c3cccc4ccccc34)CC2)cc1OC. The van der Waals surface area contributed by atoms with Crippen molar-refractivity contribution in [1.29, 1.82) is 0 Å². The predicted octanol–water partition coefficient (Wildman–Crippen LogP) is 4.19. The summed E-state index contributed by atoms with van der Waals surface area (Å²) < 4.78 is 10.7. The molecule has 1 aromatic heterocycles. The largest absolute Gasteiger partial charge is 0.493 e. The number of amides is 2. The Hall–Kier alpha value is -4.59. The maximum atomic E-state index is 13.4. The van der Waals surface area contributed by atoms with Crippen molar-refractivity contribution in [2.45, 2.75) is 6.42 Å². The molecule has 1 aliphatic rings. The molecule has 0 saturated carbocycles. The van der Waals surface area contributed by atoms with E-state index in [2.05, 4.69) is 15.2 Å². The van der Waals surface area contributed by atoms with Crippen molar-refractivity contribution in [3.63, 3.8) is 0 Å². The smallest absolute Gasteiger partial charge is 0.255 e. The molecule has 4 aromatic rings. The number of methoxy groups -OCH3 is 2. The molecule has 0 spiro atoms. The minimum Gasteiger partial charge on any atom is -0.493 e. The topological polar surface area (TPSA) is 84.0 Å². The molecule has 200 valence electrons. The summed E-state index contributed by atoms with van der Waals surface area (Å²) >= 11 is 0. The number of hydrogen-bond acceptors (Lipinski definition) is 6. The summed E-state index contributed by atoms with van der Waals surface area (Å²) in [6, 6.07) is 23.1. The van der Waals surface area contributed by atoms with Crippen LogP contribution >= 0.6 is 0 Å². The van der Waals surface area contributed by atoms with E-state index in [-0.39, 0.29) is 11.8 Å². The van der Waals surface area contributed by atoms with Crippen LogP contribution in [0.15, 0.2) is 79.0 Å². The second-order valence-electron chi connectivity index (χ2n) is 9.38. The van der Waals surface area contributed by atoms with E-state index in [1.165, 1.54) is 0 Å². The van der Waals surface area contributed by atoms with E-state index in [0.29, 0.717) is 67.6 Å². The molecular weight excluding hydrogens is 492 g/mol. The van der Waals surface area contributed by atoms with Gasteiger partial charge in [-0.15, -0.1) is 0 Å². The quantitative estimate of drug-likeness (QED) is 0.372. The van der Waals surface area contributed by atoms with E-state index >= 15 is 0 Å². The highest BCUT2D eigenvalue weighted by Crippen LogP contribution is 2.28. The minimum atomic E-state index is -0.173. The Morgan fingerprint density at radius 1 is 0.846 bits per heavy atom. The van der Waals surface area contributed by atoms with E-state index in [0.717, 1.165) is 16.3 Å². The van der Waals surface area contributed by atoms with Gasteiger partial charge in [0.2, 0.25) is 0 Å². The second kappa shape index (κ2) is 11.9. The Bertz CT molecular complexity index is 1480. The van der Waals surface area contributed by atoms with Crippen molar-refractivity contribution in [3.05, 3.63) is 95.7 Å². The van der Waals surface area contributed by atoms with Gasteiger partial charge in [-0.3, -0.25) is 9.59 Å². The van der Waals surface area contributed by atoms with E-state index in [1.807, 2.05) is 65.6 Å². The normalized spacial score (nSPS) is 13.3. The first-order valence-corrected chi connectivity index (χ1v) is 13.0. The van der Waals surface area contributed by atoms with Crippen LogP contribution in [-0.2, 0) is 6.42 Å². The van der Waals surface area contributed by atoms with Gasteiger partial charge in [0.05, 0.1) is 19.8 Å². The average Bonchev–Trinajstić information content (AvgIpc) is 3.00. The monoisotopic (exact) mass is 524 g/mol. The van der Waals surface area contributed by atoms with Crippen LogP contribution in [0.3, 0.4) is 0 Å². The molecule has 5 rings (SSSR count). The number of anilines is 1. The molecule has 0 bridgehead atoms. The van der Waals surface area contributed by atoms with Crippen LogP contribution in [-0.4, -0.2) is 68.6 Å². The van der Waals surface area contributed by atoms with Crippen LogP contribution < -0.4 is 19.7 Å². The Labute approximate surface area is 228 Å². The van der Waals surface area contributed by atoms with Crippen LogP contribution in [0.25, 0.3) is 10.8 Å². The lowest BCUT2D eigenvalue weighted by Gasteiger charge is -2.36. The molecule has 0 radical (unpaired) electrons. The fourth-order valence-electron chi connectivity index (χ4n) is 4.98. The molecule has 39 heavy (non-hydrogen) atoms. The molecule has 1 aliphatic heterocycles. The summed E-state index contributed by atoms with van der Waals surface area (Å²) in [5, 5.41) is 5.03. The van der Waals surface area contributed by atoms with E-state index in [9.17, 15) is 9.59 Å². The van der Waals surface area contributed by atoms with Gasteiger partial charge in [0.15, 0.2) is 11.5 Å². The number of hydrogen-bond donors (Lipinski definition) is 1. The lowest BCUT2D eigenvalue weighted by Crippen LogP contribution is -2.49. The molecule has 8 nitrogen and oxygen atoms in total. The van der Waals surface area contributed by atoms with Gasteiger partial charge < -0.3 is 24.6 Å². The van der Waals surface area contributed by atoms with Gasteiger partial charge in [0.25, 0.3) is 11.8 Å². The first-order chi connectivity index (χ1) is 19.1. The molecule has 0 aliphatic carbocycles. The second-order valence-corrected chi connectivity index (χ2v) is 9.38. The van der Waals surface area contributed by atoms with Crippen molar-refractivity contribution < 1.29 is 19.1 Å². The number of pyridine rings is 1. The summed E-state index contributed by atoms with van der Waals surface area (Å²) in [5.74, 6) is 1.82. The maximum absolute atomic E-state index is 13.4. The highest BCUT2D eigenvalue weighted by Gasteiger charge is 2.26. The number of nitrogens with one attached hydrogen (secondary N) is 1. The maximum Gasteiger partial charge on any atom is 0.255 e. The van der Waals surface area contributed by atoms with Gasteiger partial charge >= 0.3 is 0 Å². The standard InChI is InChI=1S/C31H32N4O4/c1-38-27-13-12-22(21-28(27)39-2)14-16-33-30(36)26-11-6-15-32-29(26)34-17-19-35(20-18-34)31(37)25-10-5-8-23-7-3-4-9-24(23)25/h3-13,15,21H,14,16-20H2,1-2H3,(H,33,36). The van der Waals surface area contributed by atoms with Crippen molar-refractivity contribution in [2.24, 2.45) is 0 Å². The van der Waals surface area contributed by atoms with Crippen LogP contribution in [0.2, 0.25) is 0 Å². The predicted molar refractivity (Wildman–Crippen MR) is 152 cm³/mol. The van der Waals surface area contributed by atoms with Gasteiger partial charge in [0.1, 0.15) is 5.82 Å². The van der Waals surface area contributed by atoms with E-state index < -0.39 is 0 Å². The number of carbonyl (C=O) groups is 2. The first-order valence-electron chi connectivity index (χ1n) is 13.0. The van der Waals surface area contributed by atoms with Gasteiger partial charge in [0, 0.05) is 44.5 Å². The molecule has 3 aromatic carbocycles. The minimum absolute atomic E-state index is 0.0283. The zero-order chi connectivity index (χ0) is 27.2. The number of ether oxygens (including phenoxy) is 2. The molecule has 1 N–H and O–H groups in total. The highest BCUT2D eigenvalue weighted by atomic mass is 16.5. The number of benzene rings is 3. The van der Waals surface area contributed by atoms with Gasteiger partial charge in [-0.05, 0) is 53.1 Å². The Morgan fingerprint density at radius 2 is 1.59 bits per heavy atom. The first kappa shape index (κ1) is 26.0. The lowest BCUT2D eigenvalue weighted by atomic mass is 10.0. The number of nitrogens with zero attached hydrogens (tertiary/aromatic N) is 3. The Balaban J connectivity index is 1.21. The third kappa shape index (κ3) is 5.65. The Kier molecular flexibility index (Phi) is 7.91. The zero-order valence-corrected chi connectivity index (χ0v) is 22.2. The van der Waals surface area contributed by atoms with Crippen LogP contribution in [0, 0.1) is 0 Å².